The molecular formula is C29H30ClFN6O3S. The molecule has 0 radical (unpaired) electrons. The summed E-state index contributed by atoms with van der Waals surface area (Å²) in [5, 5.41) is 2.94. The Labute approximate surface area is 244 Å². The molecule has 0 aliphatic carbocycles. The Bertz CT molecular complexity index is 1580. The summed E-state index contributed by atoms with van der Waals surface area (Å²) in [6, 6.07) is 19.5. The third-order valence-electron chi connectivity index (χ3n) is 6.70. The van der Waals surface area contributed by atoms with Crippen molar-refractivity contribution in [3.8, 4) is 17.0 Å². The largest absolute Gasteiger partial charge is 0.492 e. The maximum atomic E-state index is 13.4. The van der Waals surface area contributed by atoms with E-state index in [1.807, 2.05) is 30.3 Å². The van der Waals surface area contributed by atoms with E-state index in [1.54, 1.807) is 24.3 Å². The summed E-state index contributed by atoms with van der Waals surface area (Å²) >= 11 is 5.73. The lowest BCUT2D eigenvalue weighted by Crippen LogP contribution is -2.45. The summed E-state index contributed by atoms with van der Waals surface area (Å²) < 4.78 is 47.1. The molecule has 1 aromatic heterocycles. The Morgan fingerprint density at radius 3 is 2.34 bits per heavy atom. The maximum Gasteiger partial charge on any atom is 0.261 e. The topological polar surface area (TPSA) is 99.7 Å². The van der Waals surface area contributed by atoms with Crippen LogP contribution in [0.3, 0.4) is 0 Å². The quantitative estimate of drug-likeness (QED) is 0.261. The lowest BCUT2D eigenvalue weighted by Gasteiger charge is -2.32. The van der Waals surface area contributed by atoms with Crippen LogP contribution >= 0.6 is 11.6 Å². The molecule has 4 aromatic rings. The van der Waals surface area contributed by atoms with E-state index in [0.29, 0.717) is 23.8 Å². The van der Waals surface area contributed by atoms with Crippen molar-refractivity contribution in [1.82, 2.24) is 19.8 Å². The van der Waals surface area contributed by atoms with Crippen molar-refractivity contribution in [2.24, 2.45) is 0 Å². The molecule has 2 heterocycles. The van der Waals surface area contributed by atoms with Crippen LogP contribution in [0.2, 0.25) is 5.02 Å². The summed E-state index contributed by atoms with van der Waals surface area (Å²) in [5.74, 6) is 0.706. The van der Waals surface area contributed by atoms with Gasteiger partial charge in [0.2, 0.25) is 0 Å². The summed E-state index contributed by atoms with van der Waals surface area (Å²) in [4.78, 5) is 13.3. The Hall–Kier alpha value is -3.77. The van der Waals surface area contributed by atoms with E-state index in [2.05, 4.69) is 36.9 Å². The van der Waals surface area contributed by atoms with E-state index < -0.39 is 15.8 Å². The van der Waals surface area contributed by atoms with Gasteiger partial charge in [-0.05, 0) is 73.8 Å². The standard InChI is InChI=1S/C29H30ClFN6O3S/c1-36-12-14-37(15-13-36)16-17-40-24-8-2-21(3-9-24)28-19-29(33-20-32-28)34-22-4-6-23(7-5-22)35-41(38,39)25-10-11-27(31)26(30)18-25/h2-11,18-20,35H,12-17H2,1H3,(H,32,33,34). The molecule has 0 unspecified atom stereocenters. The monoisotopic (exact) mass is 596 g/mol. The SMILES string of the molecule is CN1CCN(CCOc2ccc(-c3cc(Nc4ccc(NS(=O)(=O)c5ccc(F)c(Cl)c5)cc4)ncn3)cc2)CC1. The van der Waals surface area contributed by atoms with Gasteiger partial charge in [0.05, 0.1) is 15.6 Å². The molecule has 9 nitrogen and oxygen atoms in total. The molecule has 0 spiro atoms. The molecule has 1 aliphatic heterocycles. The first-order valence-electron chi connectivity index (χ1n) is 13.1. The molecule has 2 N–H and O–H groups in total. The second kappa shape index (κ2) is 12.8. The minimum absolute atomic E-state index is 0.134. The Morgan fingerprint density at radius 2 is 1.63 bits per heavy atom. The fourth-order valence-electron chi connectivity index (χ4n) is 4.30. The number of likely N-dealkylation sites (N-methyl/N-ethyl adjacent to an activating group) is 1. The van der Waals surface area contributed by atoms with E-state index >= 15 is 0 Å². The van der Waals surface area contributed by atoms with Crippen LogP contribution in [0.15, 0.2) is 84.0 Å². The molecule has 1 fully saturated rings. The highest BCUT2D eigenvalue weighted by molar-refractivity contribution is 7.92. The second-order valence-electron chi connectivity index (χ2n) is 9.69. The van der Waals surface area contributed by atoms with E-state index in [0.717, 1.165) is 67.9 Å². The van der Waals surface area contributed by atoms with Crippen LogP contribution in [-0.4, -0.2) is 74.6 Å². The number of nitrogens with zero attached hydrogens (tertiary/aromatic N) is 4. The lowest BCUT2D eigenvalue weighted by atomic mass is 10.1. The number of anilines is 3. The van der Waals surface area contributed by atoms with Gasteiger partial charge in [-0.15, -0.1) is 0 Å². The molecule has 0 amide bonds. The van der Waals surface area contributed by atoms with Gasteiger partial charge in [0.25, 0.3) is 10.0 Å². The van der Waals surface area contributed by atoms with Crippen molar-refractivity contribution < 1.29 is 17.5 Å². The maximum absolute atomic E-state index is 13.4. The molecule has 214 valence electrons. The number of ether oxygens (including phenoxy) is 1. The first kappa shape index (κ1) is 28.7. The number of rotatable bonds is 10. The molecular weight excluding hydrogens is 567 g/mol. The molecule has 0 atom stereocenters. The summed E-state index contributed by atoms with van der Waals surface area (Å²) in [6.45, 7) is 5.87. The summed E-state index contributed by atoms with van der Waals surface area (Å²) in [6.07, 6.45) is 1.48. The van der Waals surface area contributed by atoms with Crippen LogP contribution in [0.5, 0.6) is 5.75 Å². The summed E-state index contributed by atoms with van der Waals surface area (Å²) in [7, 11) is -1.78. The number of sulfonamides is 1. The zero-order valence-corrected chi connectivity index (χ0v) is 24.0. The number of nitrogens with one attached hydrogen (secondary N) is 2. The number of piperazine rings is 1. The fraction of sp³-hybridized carbons (Fsp3) is 0.241. The van der Waals surface area contributed by atoms with Crippen molar-refractivity contribution in [2.45, 2.75) is 4.90 Å². The van der Waals surface area contributed by atoms with Crippen LogP contribution in [0.4, 0.5) is 21.6 Å². The average Bonchev–Trinajstić information content (AvgIpc) is 2.97. The van der Waals surface area contributed by atoms with Gasteiger partial charge in [-0.3, -0.25) is 9.62 Å². The van der Waals surface area contributed by atoms with Gasteiger partial charge in [-0.2, -0.15) is 0 Å². The lowest BCUT2D eigenvalue weighted by molar-refractivity contribution is 0.134. The third-order valence-corrected chi connectivity index (χ3v) is 8.37. The highest BCUT2D eigenvalue weighted by Gasteiger charge is 2.16. The molecule has 0 saturated carbocycles. The van der Waals surface area contributed by atoms with Crippen LogP contribution in [0.25, 0.3) is 11.3 Å². The van der Waals surface area contributed by atoms with E-state index in [1.165, 1.54) is 6.33 Å². The minimum Gasteiger partial charge on any atom is -0.492 e. The van der Waals surface area contributed by atoms with Crippen molar-refractivity contribution in [3.05, 3.63) is 90.0 Å². The Kier molecular flexibility index (Phi) is 8.99. The zero-order valence-electron chi connectivity index (χ0n) is 22.4. The van der Waals surface area contributed by atoms with Crippen molar-refractivity contribution in [2.75, 3.05) is 56.4 Å². The molecule has 0 bridgehead atoms. The van der Waals surface area contributed by atoms with E-state index in [-0.39, 0.29) is 9.92 Å². The molecule has 5 rings (SSSR count). The normalized spacial score (nSPS) is 14.5. The van der Waals surface area contributed by atoms with E-state index in [4.69, 9.17) is 16.3 Å². The Balaban J connectivity index is 1.16. The number of benzene rings is 3. The minimum atomic E-state index is -3.93. The first-order chi connectivity index (χ1) is 19.7. The first-order valence-corrected chi connectivity index (χ1v) is 14.9. The van der Waals surface area contributed by atoms with Gasteiger partial charge in [-0.1, -0.05) is 11.6 Å². The molecule has 3 aromatic carbocycles. The van der Waals surface area contributed by atoms with Gasteiger partial charge < -0.3 is 15.0 Å². The average molecular weight is 597 g/mol. The van der Waals surface area contributed by atoms with Crippen LogP contribution in [0.1, 0.15) is 0 Å². The zero-order chi connectivity index (χ0) is 28.8. The third kappa shape index (κ3) is 7.70. The van der Waals surface area contributed by atoms with Gasteiger partial charge in [0, 0.05) is 55.7 Å². The van der Waals surface area contributed by atoms with Gasteiger partial charge >= 0.3 is 0 Å². The van der Waals surface area contributed by atoms with E-state index in [9.17, 15) is 12.8 Å². The number of hydrogen-bond acceptors (Lipinski definition) is 8. The van der Waals surface area contributed by atoms with Crippen molar-refractivity contribution in [3.63, 3.8) is 0 Å². The molecule has 12 heteroatoms. The highest BCUT2D eigenvalue weighted by atomic mass is 35.5. The number of hydrogen-bond donors (Lipinski definition) is 2. The van der Waals surface area contributed by atoms with Crippen LogP contribution in [-0.2, 0) is 10.0 Å². The van der Waals surface area contributed by atoms with Gasteiger partial charge in [-0.25, -0.2) is 22.8 Å². The van der Waals surface area contributed by atoms with Crippen LogP contribution in [0, 0.1) is 5.82 Å². The van der Waals surface area contributed by atoms with Crippen molar-refractivity contribution in [1.29, 1.82) is 0 Å². The van der Waals surface area contributed by atoms with Gasteiger partial charge in [0.15, 0.2) is 0 Å². The number of aromatic nitrogens is 2. The highest BCUT2D eigenvalue weighted by Crippen LogP contribution is 2.26. The van der Waals surface area contributed by atoms with Crippen molar-refractivity contribution >= 4 is 38.8 Å². The predicted molar refractivity (Wildman–Crippen MR) is 159 cm³/mol. The molecule has 41 heavy (non-hydrogen) atoms. The van der Waals surface area contributed by atoms with Crippen LogP contribution < -0.4 is 14.8 Å². The predicted octanol–water partition coefficient (Wildman–Crippen LogP) is 5.11. The number of halogens is 2. The summed E-state index contributed by atoms with van der Waals surface area (Å²) in [5.41, 5.74) is 2.71. The molecule has 1 saturated heterocycles. The smallest absolute Gasteiger partial charge is 0.261 e. The Morgan fingerprint density at radius 1 is 0.927 bits per heavy atom. The van der Waals surface area contributed by atoms with Gasteiger partial charge in [0.1, 0.15) is 30.3 Å². The second-order valence-corrected chi connectivity index (χ2v) is 11.8. The molecule has 1 aliphatic rings. The fourth-order valence-corrected chi connectivity index (χ4v) is 5.63.